The average molecular weight is 225 g/mol. The Morgan fingerprint density at radius 3 is 2.94 bits per heavy atom. The predicted octanol–water partition coefficient (Wildman–Crippen LogP) is 1.28. The fourth-order valence-corrected chi connectivity index (χ4v) is 4.11. The summed E-state index contributed by atoms with van der Waals surface area (Å²) in [5.74, 6) is 1.36. The Hall–Kier alpha value is -0.770. The van der Waals surface area contributed by atoms with Crippen LogP contribution in [0.25, 0.3) is 0 Å². The molecule has 0 radical (unpaired) electrons. The van der Waals surface area contributed by atoms with Crippen molar-refractivity contribution in [2.75, 3.05) is 13.2 Å². The molecule has 2 aliphatic carbocycles. The third-order valence-corrected chi connectivity index (χ3v) is 4.79. The van der Waals surface area contributed by atoms with Gasteiger partial charge in [-0.25, -0.2) is 4.79 Å². The van der Waals surface area contributed by atoms with E-state index in [0.29, 0.717) is 18.4 Å². The van der Waals surface area contributed by atoms with E-state index in [1.807, 2.05) is 0 Å². The summed E-state index contributed by atoms with van der Waals surface area (Å²) in [5, 5.41) is 12.4. The van der Waals surface area contributed by atoms with Gasteiger partial charge in [0.05, 0.1) is 13.2 Å². The van der Waals surface area contributed by atoms with Gasteiger partial charge in [-0.05, 0) is 24.7 Å². The van der Waals surface area contributed by atoms with Crippen molar-refractivity contribution in [2.45, 2.75) is 37.7 Å². The van der Waals surface area contributed by atoms with E-state index in [9.17, 15) is 9.90 Å². The van der Waals surface area contributed by atoms with E-state index in [1.54, 1.807) is 0 Å². The van der Waals surface area contributed by atoms with Crippen molar-refractivity contribution in [1.29, 1.82) is 0 Å². The predicted molar refractivity (Wildman–Crippen MR) is 57.9 cm³/mol. The van der Waals surface area contributed by atoms with Crippen LogP contribution in [0.5, 0.6) is 0 Å². The Morgan fingerprint density at radius 1 is 1.44 bits per heavy atom. The Kier molecular flexibility index (Phi) is 2.35. The van der Waals surface area contributed by atoms with E-state index < -0.39 is 5.60 Å². The SMILES string of the molecule is O=C1NC[C@]2(C[C@H]3CCCC[C@H]3[C@@H]2CO)O1. The molecule has 2 N–H and O–H groups in total. The normalized spacial score (nSPS) is 46.6. The Bertz CT molecular complexity index is 307. The molecule has 4 heteroatoms. The molecule has 1 heterocycles. The number of carbonyl (C=O) groups is 1. The number of aliphatic hydroxyl groups excluding tert-OH is 1. The van der Waals surface area contributed by atoms with Gasteiger partial charge < -0.3 is 15.2 Å². The van der Waals surface area contributed by atoms with Gasteiger partial charge in [-0.1, -0.05) is 19.3 Å². The summed E-state index contributed by atoms with van der Waals surface area (Å²) in [4.78, 5) is 11.3. The topological polar surface area (TPSA) is 58.6 Å². The second-order valence-corrected chi connectivity index (χ2v) is 5.51. The molecule has 1 aliphatic heterocycles. The Balaban J connectivity index is 1.86. The maximum atomic E-state index is 11.3. The number of carbonyl (C=O) groups excluding carboxylic acids is 1. The van der Waals surface area contributed by atoms with E-state index >= 15 is 0 Å². The highest BCUT2D eigenvalue weighted by atomic mass is 16.6. The van der Waals surface area contributed by atoms with Crippen LogP contribution in [0.15, 0.2) is 0 Å². The van der Waals surface area contributed by atoms with Gasteiger partial charge in [0.15, 0.2) is 0 Å². The lowest BCUT2D eigenvalue weighted by atomic mass is 9.77. The third kappa shape index (κ3) is 1.35. The number of aliphatic hydroxyl groups is 1. The quantitative estimate of drug-likeness (QED) is 0.707. The molecule has 16 heavy (non-hydrogen) atoms. The number of hydrogen-bond acceptors (Lipinski definition) is 3. The molecule has 4 nitrogen and oxygen atoms in total. The number of alkyl carbamates (subject to hydrolysis) is 1. The van der Waals surface area contributed by atoms with E-state index in [4.69, 9.17) is 4.74 Å². The Morgan fingerprint density at radius 2 is 2.25 bits per heavy atom. The van der Waals surface area contributed by atoms with Crippen LogP contribution in [0.4, 0.5) is 4.79 Å². The van der Waals surface area contributed by atoms with Crippen molar-refractivity contribution in [2.24, 2.45) is 17.8 Å². The summed E-state index contributed by atoms with van der Waals surface area (Å²) >= 11 is 0. The second kappa shape index (κ2) is 3.62. The van der Waals surface area contributed by atoms with Crippen LogP contribution in [-0.4, -0.2) is 30.0 Å². The van der Waals surface area contributed by atoms with Crippen LogP contribution in [0.3, 0.4) is 0 Å². The van der Waals surface area contributed by atoms with Crippen LogP contribution in [-0.2, 0) is 4.74 Å². The highest BCUT2D eigenvalue weighted by molar-refractivity contribution is 5.70. The van der Waals surface area contributed by atoms with Gasteiger partial charge in [0.25, 0.3) is 0 Å². The standard InChI is InChI=1S/C12H19NO3/c14-6-10-9-4-2-1-3-8(9)5-12(10)7-13-11(15)16-12/h8-10,14H,1-7H2,(H,13,15)/t8-,9-,10+,12+/m1/s1. The summed E-state index contributed by atoms with van der Waals surface area (Å²) in [6.07, 6.45) is 5.61. The minimum Gasteiger partial charge on any atom is -0.441 e. The molecule has 4 atom stereocenters. The number of rotatable bonds is 1. The minimum absolute atomic E-state index is 0.149. The van der Waals surface area contributed by atoms with Crippen LogP contribution in [0.2, 0.25) is 0 Å². The van der Waals surface area contributed by atoms with E-state index in [1.165, 1.54) is 25.7 Å². The van der Waals surface area contributed by atoms with Gasteiger partial charge >= 0.3 is 6.09 Å². The van der Waals surface area contributed by atoms with Crippen molar-refractivity contribution in [3.05, 3.63) is 0 Å². The summed E-state index contributed by atoms with van der Waals surface area (Å²) in [6, 6.07) is 0. The zero-order valence-corrected chi connectivity index (χ0v) is 9.45. The van der Waals surface area contributed by atoms with Crippen LogP contribution < -0.4 is 5.32 Å². The third-order valence-electron chi connectivity index (χ3n) is 4.79. The fraction of sp³-hybridized carbons (Fsp3) is 0.917. The average Bonchev–Trinajstić information content (AvgIpc) is 2.79. The van der Waals surface area contributed by atoms with Crippen molar-refractivity contribution < 1.29 is 14.6 Å². The lowest BCUT2D eigenvalue weighted by Gasteiger charge is -2.31. The van der Waals surface area contributed by atoms with Gasteiger partial charge in [-0.3, -0.25) is 0 Å². The van der Waals surface area contributed by atoms with Gasteiger partial charge in [-0.2, -0.15) is 0 Å². The van der Waals surface area contributed by atoms with Gasteiger partial charge in [-0.15, -0.1) is 0 Å². The number of amides is 1. The summed E-state index contributed by atoms with van der Waals surface area (Å²) in [5.41, 5.74) is -0.397. The molecule has 0 unspecified atom stereocenters. The van der Waals surface area contributed by atoms with Gasteiger partial charge in [0.1, 0.15) is 5.60 Å². The summed E-state index contributed by atoms with van der Waals surface area (Å²) in [6.45, 7) is 0.736. The summed E-state index contributed by atoms with van der Waals surface area (Å²) in [7, 11) is 0. The van der Waals surface area contributed by atoms with Crippen LogP contribution in [0, 0.1) is 17.8 Å². The first kappa shape index (κ1) is 10.4. The first-order chi connectivity index (χ1) is 7.75. The molecule has 3 fully saturated rings. The number of hydrogen-bond donors (Lipinski definition) is 2. The lowest BCUT2D eigenvalue weighted by Crippen LogP contribution is -2.41. The monoisotopic (exact) mass is 225 g/mol. The molecular formula is C12H19NO3. The highest BCUT2D eigenvalue weighted by Crippen LogP contribution is 2.53. The number of ether oxygens (including phenoxy) is 1. The molecule has 0 aromatic carbocycles. The van der Waals surface area contributed by atoms with Crippen molar-refractivity contribution in [1.82, 2.24) is 5.32 Å². The molecule has 3 aliphatic rings. The fourth-order valence-electron chi connectivity index (χ4n) is 4.11. The molecule has 1 amide bonds. The molecule has 0 aromatic heterocycles. The van der Waals surface area contributed by atoms with Crippen molar-refractivity contribution >= 4 is 6.09 Å². The molecule has 90 valence electrons. The molecule has 1 spiro atoms. The number of nitrogens with one attached hydrogen (secondary N) is 1. The van der Waals surface area contributed by atoms with Crippen LogP contribution in [0.1, 0.15) is 32.1 Å². The maximum Gasteiger partial charge on any atom is 0.407 e. The van der Waals surface area contributed by atoms with E-state index in [2.05, 4.69) is 5.32 Å². The van der Waals surface area contributed by atoms with Gasteiger partial charge in [0.2, 0.25) is 0 Å². The van der Waals surface area contributed by atoms with Crippen molar-refractivity contribution in [3.63, 3.8) is 0 Å². The molecule has 3 rings (SSSR count). The summed E-state index contributed by atoms with van der Waals surface area (Å²) < 4.78 is 5.50. The maximum absolute atomic E-state index is 11.3. The zero-order chi connectivity index (χ0) is 11.2. The minimum atomic E-state index is -0.397. The van der Waals surface area contributed by atoms with E-state index in [-0.39, 0.29) is 18.6 Å². The first-order valence-electron chi connectivity index (χ1n) is 6.33. The van der Waals surface area contributed by atoms with Crippen molar-refractivity contribution in [3.8, 4) is 0 Å². The van der Waals surface area contributed by atoms with E-state index in [0.717, 1.165) is 6.42 Å². The largest absolute Gasteiger partial charge is 0.441 e. The zero-order valence-electron chi connectivity index (χ0n) is 9.45. The second-order valence-electron chi connectivity index (χ2n) is 5.51. The molecule has 1 saturated heterocycles. The molecular weight excluding hydrogens is 206 g/mol. The lowest BCUT2D eigenvalue weighted by molar-refractivity contribution is -0.00865. The molecule has 0 bridgehead atoms. The van der Waals surface area contributed by atoms with Gasteiger partial charge in [0, 0.05) is 5.92 Å². The first-order valence-corrected chi connectivity index (χ1v) is 6.33. The molecule has 2 saturated carbocycles. The highest BCUT2D eigenvalue weighted by Gasteiger charge is 2.58. The van der Waals surface area contributed by atoms with Crippen LogP contribution >= 0.6 is 0 Å². The molecule has 0 aromatic rings. The Labute approximate surface area is 95.4 Å². The smallest absolute Gasteiger partial charge is 0.407 e. The number of fused-ring (bicyclic) bond motifs is 1.